The molecule has 0 aromatic rings. The van der Waals surface area contributed by atoms with E-state index in [1.54, 1.807) is 0 Å². The lowest BCUT2D eigenvalue weighted by Gasteiger charge is -2.34. The van der Waals surface area contributed by atoms with Gasteiger partial charge in [-0.2, -0.15) is 0 Å². The minimum atomic E-state index is 0.595. The van der Waals surface area contributed by atoms with Crippen LogP contribution in [0.4, 0.5) is 0 Å². The van der Waals surface area contributed by atoms with E-state index in [0.29, 0.717) is 12.1 Å². The van der Waals surface area contributed by atoms with E-state index >= 15 is 0 Å². The van der Waals surface area contributed by atoms with Gasteiger partial charge < -0.3 is 10.2 Å². The summed E-state index contributed by atoms with van der Waals surface area (Å²) in [6.07, 6.45) is 0. The van der Waals surface area contributed by atoms with Gasteiger partial charge in [0.2, 0.25) is 0 Å². The van der Waals surface area contributed by atoms with Crippen molar-refractivity contribution in [1.82, 2.24) is 15.1 Å². The second-order valence-electron chi connectivity index (χ2n) is 4.83. The number of rotatable bonds is 4. The summed E-state index contributed by atoms with van der Waals surface area (Å²) in [5.41, 5.74) is 0. The molecule has 0 bridgehead atoms. The second kappa shape index (κ2) is 5.69. The van der Waals surface area contributed by atoms with Crippen LogP contribution in [0.15, 0.2) is 0 Å². The molecule has 0 aromatic heterocycles. The fourth-order valence-electron chi connectivity index (χ4n) is 2.04. The fourth-order valence-corrected chi connectivity index (χ4v) is 2.04. The standard InChI is InChI=1S/C11H25N3/c1-10(2)12-11(3)9-14-7-5-13(4)6-8-14/h10-12H,5-9H2,1-4H3. The van der Waals surface area contributed by atoms with Crippen molar-refractivity contribution in [3.63, 3.8) is 0 Å². The molecule has 1 atom stereocenters. The normalized spacial score (nSPS) is 22.9. The Bertz CT molecular complexity index is 151. The molecule has 0 amide bonds. The van der Waals surface area contributed by atoms with E-state index < -0.39 is 0 Å². The number of hydrogen-bond acceptors (Lipinski definition) is 3. The average Bonchev–Trinajstić information content (AvgIpc) is 2.07. The number of likely N-dealkylation sites (N-methyl/N-ethyl adjacent to an activating group) is 1. The van der Waals surface area contributed by atoms with Crippen LogP contribution in [0.1, 0.15) is 20.8 Å². The lowest BCUT2D eigenvalue weighted by atomic mass is 10.2. The van der Waals surface area contributed by atoms with E-state index in [9.17, 15) is 0 Å². The van der Waals surface area contributed by atoms with Crippen molar-refractivity contribution in [2.75, 3.05) is 39.8 Å². The van der Waals surface area contributed by atoms with Gasteiger partial charge in [0.25, 0.3) is 0 Å². The summed E-state index contributed by atoms with van der Waals surface area (Å²) >= 11 is 0. The van der Waals surface area contributed by atoms with Gasteiger partial charge in [0.05, 0.1) is 0 Å². The number of hydrogen-bond donors (Lipinski definition) is 1. The highest BCUT2D eigenvalue weighted by Crippen LogP contribution is 2.00. The molecule has 1 heterocycles. The van der Waals surface area contributed by atoms with Gasteiger partial charge in [-0.05, 0) is 14.0 Å². The van der Waals surface area contributed by atoms with Crippen molar-refractivity contribution in [2.45, 2.75) is 32.9 Å². The first kappa shape index (κ1) is 12.0. The maximum Gasteiger partial charge on any atom is 0.0169 e. The van der Waals surface area contributed by atoms with Crippen molar-refractivity contribution >= 4 is 0 Å². The minimum Gasteiger partial charge on any atom is -0.311 e. The number of nitrogens with zero attached hydrogens (tertiary/aromatic N) is 2. The molecular weight excluding hydrogens is 174 g/mol. The van der Waals surface area contributed by atoms with Gasteiger partial charge >= 0.3 is 0 Å². The molecule has 1 aliphatic rings. The third kappa shape index (κ3) is 4.40. The maximum atomic E-state index is 3.55. The quantitative estimate of drug-likeness (QED) is 0.716. The smallest absolute Gasteiger partial charge is 0.0169 e. The third-order valence-corrected chi connectivity index (χ3v) is 2.75. The molecule has 1 saturated heterocycles. The molecule has 0 radical (unpaired) electrons. The zero-order chi connectivity index (χ0) is 10.6. The summed E-state index contributed by atoms with van der Waals surface area (Å²) in [6.45, 7) is 12.8. The summed E-state index contributed by atoms with van der Waals surface area (Å²) in [5.74, 6) is 0. The van der Waals surface area contributed by atoms with E-state index in [1.807, 2.05) is 0 Å². The largest absolute Gasteiger partial charge is 0.311 e. The Morgan fingerprint density at radius 3 is 2.14 bits per heavy atom. The fraction of sp³-hybridized carbons (Fsp3) is 1.00. The molecule has 1 aliphatic heterocycles. The minimum absolute atomic E-state index is 0.595. The monoisotopic (exact) mass is 199 g/mol. The van der Waals surface area contributed by atoms with Crippen LogP contribution in [-0.4, -0.2) is 61.7 Å². The van der Waals surface area contributed by atoms with Crippen LogP contribution in [0.5, 0.6) is 0 Å². The zero-order valence-corrected chi connectivity index (χ0v) is 10.1. The van der Waals surface area contributed by atoms with Crippen LogP contribution in [0.2, 0.25) is 0 Å². The Labute approximate surface area is 88.5 Å². The Kier molecular flexibility index (Phi) is 4.85. The molecule has 1 N–H and O–H groups in total. The number of nitrogens with one attached hydrogen (secondary N) is 1. The van der Waals surface area contributed by atoms with Gasteiger partial charge in [0, 0.05) is 44.8 Å². The molecule has 0 saturated carbocycles. The highest BCUT2D eigenvalue weighted by molar-refractivity contribution is 4.74. The van der Waals surface area contributed by atoms with Crippen LogP contribution >= 0.6 is 0 Å². The molecular formula is C11H25N3. The molecule has 0 aliphatic carbocycles. The van der Waals surface area contributed by atoms with Crippen molar-refractivity contribution < 1.29 is 0 Å². The summed E-state index contributed by atoms with van der Waals surface area (Å²) in [5, 5.41) is 3.55. The highest BCUT2D eigenvalue weighted by Gasteiger charge is 2.15. The Hall–Kier alpha value is -0.120. The van der Waals surface area contributed by atoms with Crippen molar-refractivity contribution in [3.8, 4) is 0 Å². The van der Waals surface area contributed by atoms with Crippen molar-refractivity contribution in [3.05, 3.63) is 0 Å². The Morgan fingerprint density at radius 2 is 1.64 bits per heavy atom. The highest BCUT2D eigenvalue weighted by atomic mass is 15.3. The topological polar surface area (TPSA) is 18.5 Å². The molecule has 0 spiro atoms. The van der Waals surface area contributed by atoms with Crippen LogP contribution in [0, 0.1) is 0 Å². The van der Waals surface area contributed by atoms with Gasteiger partial charge in [-0.25, -0.2) is 0 Å². The van der Waals surface area contributed by atoms with Gasteiger partial charge in [-0.3, -0.25) is 4.90 Å². The maximum absolute atomic E-state index is 3.55. The summed E-state index contributed by atoms with van der Waals surface area (Å²) in [6, 6.07) is 1.20. The predicted octanol–water partition coefficient (Wildman–Crippen LogP) is 0.620. The van der Waals surface area contributed by atoms with Crippen LogP contribution < -0.4 is 5.32 Å². The predicted molar refractivity (Wildman–Crippen MR) is 61.7 cm³/mol. The van der Waals surface area contributed by atoms with Crippen LogP contribution in [0.3, 0.4) is 0 Å². The zero-order valence-electron chi connectivity index (χ0n) is 10.1. The van der Waals surface area contributed by atoms with Gasteiger partial charge in [-0.1, -0.05) is 13.8 Å². The van der Waals surface area contributed by atoms with E-state index in [0.717, 1.165) is 0 Å². The summed E-state index contributed by atoms with van der Waals surface area (Å²) in [4.78, 5) is 4.96. The van der Waals surface area contributed by atoms with E-state index in [1.165, 1.54) is 32.7 Å². The lowest BCUT2D eigenvalue weighted by molar-refractivity contribution is 0.143. The molecule has 84 valence electrons. The molecule has 3 nitrogen and oxygen atoms in total. The third-order valence-electron chi connectivity index (χ3n) is 2.75. The van der Waals surface area contributed by atoms with Crippen LogP contribution in [0.25, 0.3) is 0 Å². The van der Waals surface area contributed by atoms with E-state index in [4.69, 9.17) is 0 Å². The van der Waals surface area contributed by atoms with Crippen LogP contribution in [-0.2, 0) is 0 Å². The molecule has 0 aromatic carbocycles. The average molecular weight is 199 g/mol. The number of piperazine rings is 1. The van der Waals surface area contributed by atoms with Gasteiger partial charge in [0.15, 0.2) is 0 Å². The first-order chi connectivity index (χ1) is 6.58. The van der Waals surface area contributed by atoms with Gasteiger partial charge in [0.1, 0.15) is 0 Å². The molecule has 3 heteroatoms. The Balaban J connectivity index is 2.17. The summed E-state index contributed by atoms with van der Waals surface area (Å²) in [7, 11) is 2.20. The first-order valence-corrected chi connectivity index (χ1v) is 5.75. The molecule has 14 heavy (non-hydrogen) atoms. The van der Waals surface area contributed by atoms with E-state index in [2.05, 4.69) is 42.9 Å². The molecule has 1 rings (SSSR count). The Morgan fingerprint density at radius 1 is 1.07 bits per heavy atom. The van der Waals surface area contributed by atoms with E-state index in [-0.39, 0.29) is 0 Å². The second-order valence-corrected chi connectivity index (χ2v) is 4.83. The summed E-state index contributed by atoms with van der Waals surface area (Å²) < 4.78 is 0. The van der Waals surface area contributed by atoms with Crippen molar-refractivity contribution in [2.24, 2.45) is 0 Å². The lowest BCUT2D eigenvalue weighted by Crippen LogP contribution is -2.49. The van der Waals surface area contributed by atoms with Gasteiger partial charge in [-0.15, -0.1) is 0 Å². The SMILES string of the molecule is CC(C)NC(C)CN1CCN(C)CC1. The molecule has 1 fully saturated rings. The van der Waals surface area contributed by atoms with Crippen molar-refractivity contribution in [1.29, 1.82) is 0 Å². The molecule has 1 unspecified atom stereocenters. The first-order valence-electron chi connectivity index (χ1n) is 5.75.